The van der Waals surface area contributed by atoms with E-state index in [1.54, 1.807) is 12.1 Å². The van der Waals surface area contributed by atoms with E-state index in [0.29, 0.717) is 23.3 Å². The van der Waals surface area contributed by atoms with Gasteiger partial charge in [0, 0.05) is 28.8 Å². The van der Waals surface area contributed by atoms with E-state index in [1.165, 1.54) is 19.2 Å². The molecular weight excluding hydrogens is 408 g/mol. The fourth-order valence-electron chi connectivity index (χ4n) is 3.49. The van der Waals surface area contributed by atoms with Crippen LogP contribution in [0, 0.1) is 0 Å². The Kier molecular flexibility index (Phi) is 6.63. The minimum absolute atomic E-state index is 0.00675. The van der Waals surface area contributed by atoms with E-state index < -0.39 is 5.43 Å². The number of ether oxygens (including phenoxy) is 1. The molecule has 0 atom stereocenters. The van der Waals surface area contributed by atoms with E-state index in [1.807, 2.05) is 39.8 Å². The van der Waals surface area contributed by atoms with Crippen LogP contribution in [0.4, 0.5) is 0 Å². The highest BCUT2D eigenvalue weighted by molar-refractivity contribution is 5.88. The maximum absolute atomic E-state index is 13.0. The molecule has 0 saturated carbocycles. The molecular formula is C26H28O6. The fraction of sp³-hybridized carbons (Fsp3) is 0.269. The van der Waals surface area contributed by atoms with Crippen LogP contribution < -0.4 is 10.2 Å². The lowest BCUT2D eigenvalue weighted by atomic mass is 9.98. The maximum Gasteiger partial charge on any atom is 0.197 e. The van der Waals surface area contributed by atoms with Gasteiger partial charge in [-0.1, -0.05) is 23.3 Å². The highest BCUT2D eigenvalue weighted by atomic mass is 16.5. The zero-order valence-corrected chi connectivity index (χ0v) is 18.9. The van der Waals surface area contributed by atoms with Crippen molar-refractivity contribution in [3.05, 3.63) is 68.9 Å². The van der Waals surface area contributed by atoms with Crippen molar-refractivity contribution in [2.75, 3.05) is 7.11 Å². The number of hydrogen-bond acceptors (Lipinski definition) is 6. The molecule has 0 spiro atoms. The molecule has 2 aromatic carbocycles. The van der Waals surface area contributed by atoms with Gasteiger partial charge in [-0.05, 0) is 52.7 Å². The normalized spacial score (nSPS) is 10.8. The molecule has 1 heterocycles. The molecule has 6 heteroatoms. The molecule has 0 aliphatic carbocycles. The molecule has 168 valence electrons. The first-order chi connectivity index (χ1) is 15.1. The number of phenols is 3. The van der Waals surface area contributed by atoms with Gasteiger partial charge >= 0.3 is 0 Å². The van der Waals surface area contributed by atoms with Crippen LogP contribution in [-0.2, 0) is 12.8 Å². The van der Waals surface area contributed by atoms with Crippen molar-refractivity contribution in [2.45, 2.75) is 40.5 Å². The summed E-state index contributed by atoms with van der Waals surface area (Å²) in [6.07, 6.45) is 4.49. The van der Waals surface area contributed by atoms with Crippen LogP contribution in [0.2, 0.25) is 0 Å². The van der Waals surface area contributed by atoms with Gasteiger partial charge in [0.2, 0.25) is 0 Å². The second-order valence-electron chi connectivity index (χ2n) is 8.18. The van der Waals surface area contributed by atoms with E-state index in [-0.39, 0.29) is 46.0 Å². The smallest absolute Gasteiger partial charge is 0.197 e. The molecule has 3 N–H and O–H groups in total. The minimum atomic E-state index is -0.444. The van der Waals surface area contributed by atoms with E-state index in [0.717, 1.165) is 11.1 Å². The van der Waals surface area contributed by atoms with Crippen LogP contribution in [0.5, 0.6) is 23.0 Å². The Hall–Kier alpha value is -3.67. The van der Waals surface area contributed by atoms with Crippen molar-refractivity contribution in [3.63, 3.8) is 0 Å². The number of methoxy groups -OCH3 is 1. The summed E-state index contributed by atoms with van der Waals surface area (Å²) in [5.41, 5.74) is 3.04. The van der Waals surface area contributed by atoms with Gasteiger partial charge in [-0.2, -0.15) is 0 Å². The first kappa shape index (κ1) is 23.0. The third-order valence-electron chi connectivity index (χ3n) is 5.23. The van der Waals surface area contributed by atoms with Crippen molar-refractivity contribution < 1.29 is 24.5 Å². The number of hydrogen-bond donors (Lipinski definition) is 3. The Morgan fingerprint density at radius 2 is 1.56 bits per heavy atom. The summed E-state index contributed by atoms with van der Waals surface area (Å²) < 4.78 is 11.2. The number of rotatable bonds is 6. The van der Waals surface area contributed by atoms with Crippen LogP contribution in [0.1, 0.15) is 38.8 Å². The number of fused-ring (bicyclic) bond motifs is 1. The summed E-state index contributed by atoms with van der Waals surface area (Å²) in [7, 11) is 1.47. The Morgan fingerprint density at radius 1 is 0.938 bits per heavy atom. The maximum atomic E-state index is 13.0. The average molecular weight is 437 g/mol. The summed E-state index contributed by atoms with van der Waals surface area (Å²) in [6.45, 7) is 7.72. The van der Waals surface area contributed by atoms with Crippen LogP contribution in [0.15, 0.2) is 56.8 Å². The molecule has 0 aliphatic rings. The molecule has 0 bridgehead atoms. The lowest BCUT2D eigenvalue weighted by Crippen LogP contribution is -2.03. The van der Waals surface area contributed by atoms with E-state index >= 15 is 0 Å². The molecule has 0 aliphatic heterocycles. The number of aromatic hydroxyl groups is 3. The van der Waals surface area contributed by atoms with Gasteiger partial charge in [0.1, 0.15) is 28.2 Å². The van der Waals surface area contributed by atoms with Crippen LogP contribution in [-0.4, -0.2) is 22.4 Å². The van der Waals surface area contributed by atoms with Crippen molar-refractivity contribution in [2.24, 2.45) is 0 Å². The third kappa shape index (κ3) is 4.49. The van der Waals surface area contributed by atoms with Crippen LogP contribution >= 0.6 is 0 Å². The fourth-order valence-corrected chi connectivity index (χ4v) is 3.49. The monoisotopic (exact) mass is 436 g/mol. The molecule has 6 nitrogen and oxygen atoms in total. The third-order valence-corrected chi connectivity index (χ3v) is 5.23. The molecule has 0 fully saturated rings. The molecule has 1 aromatic heterocycles. The number of benzene rings is 2. The highest BCUT2D eigenvalue weighted by Gasteiger charge is 2.20. The van der Waals surface area contributed by atoms with Crippen LogP contribution in [0.25, 0.3) is 22.3 Å². The van der Waals surface area contributed by atoms with E-state index in [9.17, 15) is 20.1 Å². The standard InChI is InChI=1S/C26H28O6/c1-14(2)6-8-17-16(10-11-21(31-5)25(17)29)22-13-20(28)24-23(32-22)12-19(27)18(26(24)30)9-7-15(3)4/h6-7,10-13,27,29-30H,8-9H2,1-5H3. The Bertz CT molecular complexity index is 1290. The first-order valence-corrected chi connectivity index (χ1v) is 10.3. The SMILES string of the molecule is COc1ccc(-c2cc(=O)c3c(O)c(CC=C(C)C)c(O)cc3o2)c(CC=C(C)C)c1O. The Balaban J connectivity index is 2.24. The predicted octanol–water partition coefficient (Wildman–Crippen LogP) is 5.60. The number of allylic oxidation sites excluding steroid dienone is 4. The van der Waals surface area contributed by atoms with Crippen molar-refractivity contribution in [3.8, 4) is 34.3 Å². The quantitative estimate of drug-likeness (QED) is 0.435. The van der Waals surface area contributed by atoms with Crippen molar-refractivity contribution in [1.82, 2.24) is 0 Å². The van der Waals surface area contributed by atoms with Crippen molar-refractivity contribution >= 4 is 11.0 Å². The molecule has 0 radical (unpaired) electrons. The lowest BCUT2D eigenvalue weighted by Gasteiger charge is -2.14. The Labute approximate surface area is 186 Å². The lowest BCUT2D eigenvalue weighted by molar-refractivity contribution is 0.371. The van der Waals surface area contributed by atoms with Gasteiger partial charge in [0.05, 0.1) is 7.11 Å². The van der Waals surface area contributed by atoms with Gasteiger partial charge in [0.15, 0.2) is 16.9 Å². The largest absolute Gasteiger partial charge is 0.507 e. The second kappa shape index (κ2) is 9.22. The summed E-state index contributed by atoms with van der Waals surface area (Å²) in [4.78, 5) is 13.0. The summed E-state index contributed by atoms with van der Waals surface area (Å²) in [5.74, 6) is 0.0463. The topological polar surface area (TPSA) is 100 Å². The zero-order chi connectivity index (χ0) is 23.6. The summed E-state index contributed by atoms with van der Waals surface area (Å²) in [5, 5.41) is 31.8. The molecule has 0 saturated heterocycles. The molecule has 3 aromatic rings. The van der Waals surface area contributed by atoms with Gasteiger partial charge < -0.3 is 24.5 Å². The van der Waals surface area contributed by atoms with Gasteiger partial charge in [-0.15, -0.1) is 0 Å². The first-order valence-electron chi connectivity index (χ1n) is 10.3. The van der Waals surface area contributed by atoms with E-state index in [4.69, 9.17) is 9.15 Å². The number of phenolic OH excluding ortho intramolecular Hbond substituents is 3. The van der Waals surface area contributed by atoms with Gasteiger partial charge in [-0.3, -0.25) is 4.79 Å². The van der Waals surface area contributed by atoms with Crippen LogP contribution in [0.3, 0.4) is 0 Å². The predicted molar refractivity (Wildman–Crippen MR) is 126 cm³/mol. The highest BCUT2D eigenvalue weighted by Crippen LogP contribution is 2.40. The molecule has 3 rings (SSSR count). The average Bonchev–Trinajstić information content (AvgIpc) is 2.71. The van der Waals surface area contributed by atoms with E-state index in [2.05, 4.69) is 0 Å². The second-order valence-corrected chi connectivity index (χ2v) is 8.18. The van der Waals surface area contributed by atoms with Crippen molar-refractivity contribution in [1.29, 1.82) is 0 Å². The summed E-state index contributed by atoms with van der Waals surface area (Å²) >= 11 is 0. The Morgan fingerprint density at radius 3 is 2.16 bits per heavy atom. The van der Waals surface area contributed by atoms with Gasteiger partial charge in [0.25, 0.3) is 0 Å². The molecule has 0 amide bonds. The van der Waals surface area contributed by atoms with Gasteiger partial charge in [-0.25, -0.2) is 0 Å². The molecule has 32 heavy (non-hydrogen) atoms. The zero-order valence-electron chi connectivity index (χ0n) is 18.9. The molecule has 0 unspecified atom stereocenters. The minimum Gasteiger partial charge on any atom is -0.507 e. The summed E-state index contributed by atoms with van der Waals surface area (Å²) in [6, 6.07) is 5.93.